The van der Waals surface area contributed by atoms with E-state index < -0.39 is 10.8 Å². The summed E-state index contributed by atoms with van der Waals surface area (Å²) in [7, 11) is -0.854. The van der Waals surface area contributed by atoms with Crippen molar-refractivity contribution in [2.45, 2.75) is 70.1 Å². The summed E-state index contributed by atoms with van der Waals surface area (Å²) in [6, 6.07) is 0.472. The number of hydrogen-bond acceptors (Lipinski definition) is 2. The van der Waals surface area contributed by atoms with E-state index in [0.29, 0.717) is 24.3 Å². The molecule has 3 N–H and O–H groups in total. The molecule has 1 rings (SSSR count). The van der Waals surface area contributed by atoms with Crippen LogP contribution in [0.1, 0.15) is 59.3 Å². The molecular weight excluding hydrogens is 385 g/mol. The molecule has 0 amide bonds. The topological polar surface area (TPSA) is 67.5 Å². The van der Waals surface area contributed by atoms with Gasteiger partial charge in [-0.25, -0.2) is 0 Å². The molecule has 4 nitrogen and oxygen atoms in total. The summed E-state index contributed by atoms with van der Waals surface area (Å²) >= 11 is 0. The molecule has 0 radical (unpaired) electrons. The first-order valence-corrected chi connectivity index (χ1v) is 8.66. The third-order valence-electron chi connectivity index (χ3n) is 3.45. The Hall–Kier alpha value is 0.150. The third-order valence-corrected chi connectivity index (χ3v) is 5.37. The van der Waals surface area contributed by atoms with Crippen LogP contribution < -0.4 is 11.1 Å². The molecule has 1 aliphatic carbocycles. The van der Waals surface area contributed by atoms with Gasteiger partial charge < -0.3 is 11.1 Å². The maximum Gasteiger partial charge on any atom is 0.188 e. The molecule has 20 heavy (non-hydrogen) atoms. The van der Waals surface area contributed by atoms with E-state index in [1.165, 1.54) is 38.5 Å². The highest BCUT2D eigenvalue weighted by Gasteiger charge is 2.18. The summed E-state index contributed by atoms with van der Waals surface area (Å²) in [6.07, 6.45) is 7.59. The predicted octanol–water partition coefficient (Wildman–Crippen LogP) is 2.78. The molecule has 1 fully saturated rings. The summed E-state index contributed by atoms with van der Waals surface area (Å²) in [5, 5.41) is 3.30. The van der Waals surface area contributed by atoms with E-state index >= 15 is 0 Å². The standard InChI is InChI=1S/C14H29N3OS.HI/c1-14(2,3)19(18)11-10-16-13(15)17-12-8-6-4-5-7-9-12;/h12H,4-11H2,1-3H3,(H3,15,16,17);1H. The predicted molar refractivity (Wildman–Crippen MR) is 99.3 cm³/mol. The molecule has 0 aromatic heterocycles. The van der Waals surface area contributed by atoms with Crippen molar-refractivity contribution in [3.05, 3.63) is 0 Å². The van der Waals surface area contributed by atoms with Crippen molar-refractivity contribution < 1.29 is 4.21 Å². The number of nitrogens with one attached hydrogen (secondary N) is 1. The lowest BCUT2D eigenvalue weighted by atomic mass is 10.1. The largest absolute Gasteiger partial charge is 0.370 e. The molecule has 6 heteroatoms. The van der Waals surface area contributed by atoms with Crippen LogP contribution in [0.25, 0.3) is 0 Å². The van der Waals surface area contributed by atoms with Gasteiger partial charge >= 0.3 is 0 Å². The van der Waals surface area contributed by atoms with E-state index in [2.05, 4.69) is 10.3 Å². The van der Waals surface area contributed by atoms with Crippen molar-refractivity contribution in [2.24, 2.45) is 10.7 Å². The molecule has 0 spiro atoms. The first kappa shape index (κ1) is 20.1. The van der Waals surface area contributed by atoms with Crippen molar-refractivity contribution >= 4 is 40.7 Å². The number of hydrogen-bond donors (Lipinski definition) is 2. The van der Waals surface area contributed by atoms with Gasteiger partial charge in [-0.15, -0.1) is 24.0 Å². The fourth-order valence-electron chi connectivity index (χ4n) is 2.23. The van der Waals surface area contributed by atoms with Gasteiger partial charge in [0.25, 0.3) is 0 Å². The van der Waals surface area contributed by atoms with Crippen LogP contribution >= 0.6 is 24.0 Å². The Morgan fingerprint density at radius 1 is 1.25 bits per heavy atom. The SMILES string of the molecule is CC(C)(C)S(=O)CCN=C(N)NC1CCCCCC1.I. The van der Waals surface area contributed by atoms with E-state index in [-0.39, 0.29) is 28.7 Å². The van der Waals surface area contributed by atoms with Gasteiger partial charge in [-0.05, 0) is 33.6 Å². The van der Waals surface area contributed by atoms with Crippen LogP contribution in [-0.4, -0.2) is 33.3 Å². The first-order valence-electron chi connectivity index (χ1n) is 7.34. The van der Waals surface area contributed by atoms with Gasteiger partial charge in [0.15, 0.2) is 5.96 Å². The molecule has 0 aromatic carbocycles. The van der Waals surface area contributed by atoms with Crippen molar-refractivity contribution in [1.29, 1.82) is 0 Å². The van der Waals surface area contributed by atoms with E-state index in [4.69, 9.17) is 5.73 Å². The molecular formula is C14H30IN3OS. The van der Waals surface area contributed by atoms with Gasteiger partial charge in [0.05, 0.1) is 6.54 Å². The summed E-state index contributed by atoms with van der Waals surface area (Å²) in [4.78, 5) is 4.29. The Morgan fingerprint density at radius 3 is 2.30 bits per heavy atom. The number of nitrogens with two attached hydrogens (primary N) is 1. The normalized spacial score (nSPS) is 19.9. The summed E-state index contributed by atoms with van der Waals surface area (Å²) in [6.45, 7) is 6.50. The number of rotatable bonds is 4. The monoisotopic (exact) mass is 415 g/mol. The van der Waals surface area contributed by atoms with Gasteiger partial charge in [-0.1, -0.05) is 25.7 Å². The maximum absolute atomic E-state index is 11.9. The number of aliphatic imine (C=N–C) groups is 1. The fourth-order valence-corrected chi connectivity index (χ4v) is 3.10. The lowest BCUT2D eigenvalue weighted by Gasteiger charge is -2.18. The molecule has 1 saturated carbocycles. The summed E-state index contributed by atoms with van der Waals surface area (Å²) in [5.41, 5.74) is 5.89. The fraction of sp³-hybridized carbons (Fsp3) is 0.929. The molecule has 0 aromatic rings. The van der Waals surface area contributed by atoms with Crippen LogP contribution in [0, 0.1) is 0 Å². The number of halogens is 1. The van der Waals surface area contributed by atoms with Gasteiger partial charge in [0, 0.05) is 27.3 Å². The summed E-state index contributed by atoms with van der Waals surface area (Å²) < 4.78 is 11.7. The van der Waals surface area contributed by atoms with E-state index in [1.54, 1.807) is 0 Å². The minimum absolute atomic E-state index is 0. The lowest BCUT2D eigenvalue weighted by molar-refractivity contribution is 0.530. The number of guanidine groups is 1. The van der Waals surface area contributed by atoms with Crippen LogP contribution in [0.3, 0.4) is 0 Å². The van der Waals surface area contributed by atoms with E-state index in [0.717, 1.165) is 0 Å². The molecule has 1 unspecified atom stereocenters. The van der Waals surface area contributed by atoms with E-state index in [9.17, 15) is 4.21 Å². The molecule has 0 saturated heterocycles. The van der Waals surface area contributed by atoms with Gasteiger partial charge in [-0.3, -0.25) is 9.20 Å². The minimum Gasteiger partial charge on any atom is -0.370 e. The van der Waals surface area contributed by atoms with Gasteiger partial charge in [0.2, 0.25) is 0 Å². The Labute approximate surface area is 143 Å². The van der Waals surface area contributed by atoms with Crippen LogP contribution in [0.4, 0.5) is 0 Å². The Morgan fingerprint density at radius 2 is 1.80 bits per heavy atom. The zero-order chi connectivity index (χ0) is 14.3. The first-order chi connectivity index (χ1) is 8.89. The van der Waals surface area contributed by atoms with Gasteiger partial charge in [0.1, 0.15) is 0 Å². The highest BCUT2D eigenvalue weighted by Crippen LogP contribution is 2.17. The quantitative estimate of drug-likeness (QED) is 0.321. The van der Waals surface area contributed by atoms with Crippen molar-refractivity contribution in [3.8, 4) is 0 Å². The maximum atomic E-state index is 11.9. The summed E-state index contributed by atoms with van der Waals surface area (Å²) in [5.74, 6) is 1.09. The van der Waals surface area contributed by atoms with Gasteiger partial charge in [-0.2, -0.15) is 0 Å². The smallest absolute Gasteiger partial charge is 0.188 e. The molecule has 0 aliphatic heterocycles. The van der Waals surface area contributed by atoms with E-state index in [1.807, 2.05) is 20.8 Å². The van der Waals surface area contributed by atoms with Crippen molar-refractivity contribution in [1.82, 2.24) is 5.32 Å². The minimum atomic E-state index is -0.854. The zero-order valence-electron chi connectivity index (χ0n) is 13.0. The average molecular weight is 415 g/mol. The van der Waals surface area contributed by atoms with Crippen LogP contribution in [-0.2, 0) is 10.8 Å². The lowest BCUT2D eigenvalue weighted by Crippen LogP contribution is -2.40. The number of nitrogens with zero attached hydrogens (tertiary/aromatic N) is 1. The second-order valence-electron chi connectivity index (χ2n) is 6.26. The van der Waals surface area contributed by atoms with Crippen LogP contribution in [0.2, 0.25) is 0 Å². The highest BCUT2D eigenvalue weighted by molar-refractivity contribution is 14.0. The third kappa shape index (κ3) is 8.44. The second-order valence-corrected chi connectivity index (χ2v) is 8.59. The highest BCUT2D eigenvalue weighted by atomic mass is 127. The molecule has 120 valence electrons. The van der Waals surface area contributed by atoms with Crippen molar-refractivity contribution in [3.63, 3.8) is 0 Å². The molecule has 1 aliphatic rings. The Kier molecular flexibility index (Phi) is 10.0. The Bertz CT molecular complexity index is 321. The Balaban J connectivity index is 0.00000361. The zero-order valence-corrected chi connectivity index (χ0v) is 16.1. The van der Waals surface area contributed by atoms with Crippen LogP contribution in [0.5, 0.6) is 0 Å². The van der Waals surface area contributed by atoms with Crippen molar-refractivity contribution in [2.75, 3.05) is 12.3 Å². The second kappa shape index (κ2) is 9.97. The van der Waals surface area contributed by atoms with Crippen LogP contribution in [0.15, 0.2) is 4.99 Å². The molecule has 0 heterocycles. The average Bonchev–Trinajstić information content (AvgIpc) is 2.56. The molecule has 1 atom stereocenters. The molecule has 0 bridgehead atoms.